The van der Waals surface area contributed by atoms with Crippen LogP contribution in [0.1, 0.15) is 41.5 Å². The quantitative estimate of drug-likeness (QED) is 0.776. The fourth-order valence-corrected chi connectivity index (χ4v) is 2.21. The molecule has 0 aliphatic heterocycles. The molecule has 0 radical (unpaired) electrons. The highest BCUT2D eigenvalue weighted by molar-refractivity contribution is 5.94. The zero-order valence-electron chi connectivity index (χ0n) is 9.19. The lowest BCUT2D eigenvalue weighted by Gasteiger charge is -2.12. The number of carboxylic acid groups (broad SMARTS) is 1. The van der Waals surface area contributed by atoms with E-state index in [9.17, 15) is 9.59 Å². The molecule has 1 N–H and O–H groups in total. The Balaban J connectivity index is 2.45. The van der Waals surface area contributed by atoms with Crippen LogP contribution < -0.4 is 0 Å². The summed E-state index contributed by atoms with van der Waals surface area (Å²) in [5, 5.41) is 12.9. The maximum atomic E-state index is 11.4. The summed E-state index contributed by atoms with van der Waals surface area (Å²) in [4.78, 5) is 22.1. The van der Waals surface area contributed by atoms with Gasteiger partial charge in [0.1, 0.15) is 12.2 Å². The average molecular weight is 222 g/mol. The monoisotopic (exact) mass is 222 g/mol. The SMILES string of the molecule is CC(=O)c1nn(CC(=O)O)c2c1CCCC2. The first-order valence-electron chi connectivity index (χ1n) is 5.41. The Morgan fingerprint density at radius 2 is 2.06 bits per heavy atom. The summed E-state index contributed by atoms with van der Waals surface area (Å²) in [6.45, 7) is 1.32. The van der Waals surface area contributed by atoms with Crippen molar-refractivity contribution in [1.82, 2.24) is 9.78 Å². The fourth-order valence-electron chi connectivity index (χ4n) is 2.21. The zero-order valence-corrected chi connectivity index (χ0v) is 9.19. The summed E-state index contributed by atoms with van der Waals surface area (Å²) in [7, 11) is 0. The van der Waals surface area contributed by atoms with E-state index in [1.165, 1.54) is 11.6 Å². The van der Waals surface area contributed by atoms with E-state index in [0.29, 0.717) is 5.69 Å². The Morgan fingerprint density at radius 1 is 1.38 bits per heavy atom. The minimum absolute atomic E-state index is 0.0812. The Morgan fingerprint density at radius 3 is 2.69 bits per heavy atom. The van der Waals surface area contributed by atoms with Gasteiger partial charge in [-0.3, -0.25) is 14.3 Å². The third-order valence-electron chi connectivity index (χ3n) is 2.88. The van der Waals surface area contributed by atoms with E-state index >= 15 is 0 Å². The Bertz CT molecular complexity index is 448. The van der Waals surface area contributed by atoms with Gasteiger partial charge in [-0.25, -0.2) is 0 Å². The van der Waals surface area contributed by atoms with Crippen molar-refractivity contribution >= 4 is 11.8 Å². The molecule has 0 fully saturated rings. The van der Waals surface area contributed by atoms with Crippen LogP contribution in [0.15, 0.2) is 0 Å². The van der Waals surface area contributed by atoms with E-state index in [1.807, 2.05) is 0 Å². The van der Waals surface area contributed by atoms with Crippen LogP contribution in [-0.4, -0.2) is 26.6 Å². The van der Waals surface area contributed by atoms with Crippen molar-refractivity contribution in [3.63, 3.8) is 0 Å². The Hall–Kier alpha value is -1.65. The number of rotatable bonds is 3. The smallest absolute Gasteiger partial charge is 0.325 e. The molecule has 5 heteroatoms. The summed E-state index contributed by atoms with van der Waals surface area (Å²) in [6.07, 6.45) is 3.74. The van der Waals surface area contributed by atoms with E-state index < -0.39 is 5.97 Å². The van der Waals surface area contributed by atoms with Gasteiger partial charge in [0.05, 0.1) is 0 Å². The summed E-state index contributed by atoms with van der Waals surface area (Å²) in [5.41, 5.74) is 2.34. The molecule has 1 aromatic heterocycles. The standard InChI is InChI=1S/C11H14N2O3/c1-7(14)11-8-4-2-3-5-9(8)13(12-11)6-10(15)16/h2-6H2,1H3,(H,15,16). The lowest BCUT2D eigenvalue weighted by atomic mass is 9.95. The van der Waals surface area contributed by atoms with Crippen molar-refractivity contribution in [3.8, 4) is 0 Å². The van der Waals surface area contributed by atoms with E-state index in [0.717, 1.165) is 36.9 Å². The van der Waals surface area contributed by atoms with Gasteiger partial charge in [0, 0.05) is 18.2 Å². The zero-order chi connectivity index (χ0) is 11.7. The number of hydrogen-bond acceptors (Lipinski definition) is 3. The molecular weight excluding hydrogens is 208 g/mol. The maximum Gasteiger partial charge on any atom is 0.325 e. The second-order valence-corrected chi connectivity index (χ2v) is 4.09. The molecule has 0 saturated heterocycles. The highest BCUT2D eigenvalue weighted by Crippen LogP contribution is 2.24. The second-order valence-electron chi connectivity index (χ2n) is 4.09. The molecule has 1 aromatic rings. The summed E-state index contributed by atoms with van der Waals surface area (Å²) >= 11 is 0. The molecule has 2 rings (SSSR count). The van der Waals surface area contributed by atoms with Crippen LogP contribution in [-0.2, 0) is 24.2 Å². The molecule has 86 valence electrons. The third kappa shape index (κ3) is 1.85. The van der Waals surface area contributed by atoms with Crippen molar-refractivity contribution in [2.75, 3.05) is 0 Å². The number of carbonyl (C=O) groups excluding carboxylic acids is 1. The van der Waals surface area contributed by atoms with Gasteiger partial charge in [0.25, 0.3) is 0 Å². The van der Waals surface area contributed by atoms with Gasteiger partial charge in [0.15, 0.2) is 5.78 Å². The first-order chi connectivity index (χ1) is 7.59. The first kappa shape index (κ1) is 10.9. The number of aliphatic carboxylic acids is 1. The number of carboxylic acids is 1. The molecule has 0 saturated carbocycles. The second kappa shape index (κ2) is 4.08. The molecule has 0 spiro atoms. The molecule has 0 amide bonds. The highest BCUT2D eigenvalue weighted by atomic mass is 16.4. The first-order valence-corrected chi connectivity index (χ1v) is 5.41. The lowest BCUT2D eigenvalue weighted by molar-refractivity contribution is -0.137. The van der Waals surface area contributed by atoms with Crippen LogP contribution in [0.25, 0.3) is 0 Å². The van der Waals surface area contributed by atoms with Crippen LogP contribution in [0.2, 0.25) is 0 Å². The topological polar surface area (TPSA) is 72.2 Å². The van der Waals surface area contributed by atoms with Gasteiger partial charge >= 0.3 is 5.97 Å². The lowest BCUT2D eigenvalue weighted by Crippen LogP contribution is -2.15. The van der Waals surface area contributed by atoms with E-state index in [4.69, 9.17) is 5.11 Å². The molecule has 5 nitrogen and oxygen atoms in total. The molecule has 1 aliphatic carbocycles. The van der Waals surface area contributed by atoms with Crippen LogP contribution in [0.4, 0.5) is 0 Å². The molecule has 0 bridgehead atoms. The molecule has 1 heterocycles. The summed E-state index contributed by atoms with van der Waals surface area (Å²) in [5.74, 6) is -1.01. The molecule has 16 heavy (non-hydrogen) atoms. The van der Waals surface area contributed by atoms with Gasteiger partial charge in [-0.2, -0.15) is 5.10 Å². The van der Waals surface area contributed by atoms with Gasteiger partial charge < -0.3 is 5.11 Å². The maximum absolute atomic E-state index is 11.4. The summed E-state index contributed by atoms with van der Waals surface area (Å²) < 4.78 is 1.47. The van der Waals surface area contributed by atoms with Crippen molar-refractivity contribution in [2.24, 2.45) is 0 Å². The van der Waals surface area contributed by atoms with Crippen molar-refractivity contribution in [3.05, 3.63) is 17.0 Å². The molecule has 0 unspecified atom stereocenters. The van der Waals surface area contributed by atoms with Gasteiger partial charge in [-0.05, 0) is 25.7 Å². The fraction of sp³-hybridized carbons (Fsp3) is 0.545. The van der Waals surface area contributed by atoms with E-state index in [-0.39, 0.29) is 12.3 Å². The number of Topliss-reactive ketones (excluding diaryl/α,β-unsaturated/α-hetero) is 1. The molecule has 1 aliphatic rings. The van der Waals surface area contributed by atoms with Gasteiger partial charge in [0.2, 0.25) is 0 Å². The number of carbonyl (C=O) groups is 2. The highest BCUT2D eigenvalue weighted by Gasteiger charge is 2.23. The normalized spacial score (nSPS) is 14.6. The van der Waals surface area contributed by atoms with Crippen LogP contribution >= 0.6 is 0 Å². The van der Waals surface area contributed by atoms with Crippen molar-refractivity contribution < 1.29 is 14.7 Å². The minimum atomic E-state index is -0.925. The third-order valence-corrected chi connectivity index (χ3v) is 2.88. The Labute approximate surface area is 93.1 Å². The predicted octanol–water partition coefficient (Wildman–Crippen LogP) is 1.05. The summed E-state index contributed by atoms with van der Waals surface area (Å²) in [6, 6.07) is 0. The van der Waals surface area contributed by atoms with Crippen LogP contribution in [0.5, 0.6) is 0 Å². The number of fused-ring (bicyclic) bond motifs is 1. The van der Waals surface area contributed by atoms with Crippen LogP contribution in [0.3, 0.4) is 0 Å². The average Bonchev–Trinajstić information content (AvgIpc) is 2.57. The molecule has 0 aromatic carbocycles. The molecule has 0 atom stereocenters. The van der Waals surface area contributed by atoms with Crippen LogP contribution in [0, 0.1) is 0 Å². The van der Waals surface area contributed by atoms with E-state index in [1.54, 1.807) is 0 Å². The predicted molar refractivity (Wildman–Crippen MR) is 56.5 cm³/mol. The minimum Gasteiger partial charge on any atom is -0.480 e. The molecular formula is C11H14N2O3. The van der Waals surface area contributed by atoms with Crippen molar-refractivity contribution in [2.45, 2.75) is 39.2 Å². The number of aromatic nitrogens is 2. The number of nitrogens with zero attached hydrogens (tertiary/aromatic N) is 2. The number of ketones is 1. The largest absolute Gasteiger partial charge is 0.480 e. The Kier molecular flexibility index (Phi) is 2.77. The van der Waals surface area contributed by atoms with E-state index in [2.05, 4.69) is 5.10 Å². The number of hydrogen-bond donors (Lipinski definition) is 1. The van der Waals surface area contributed by atoms with Gasteiger partial charge in [-0.1, -0.05) is 0 Å². The van der Waals surface area contributed by atoms with Crippen molar-refractivity contribution in [1.29, 1.82) is 0 Å². The van der Waals surface area contributed by atoms with Gasteiger partial charge in [-0.15, -0.1) is 0 Å².